The highest BCUT2D eigenvalue weighted by Crippen LogP contribution is 2.28. The second kappa shape index (κ2) is 5.57. The van der Waals surface area contributed by atoms with Gasteiger partial charge in [0.15, 0.2) is 0 Å². The molecule has 0 saturated carbocycles. The van der Waals surface area contributed by atoms with E-state index in [2.05, 4.69) is 10.6 Å². The molecular formula is C17H16N2O2S. The molecule has 2 aromatic rings. The maximum atomic E-state index is 12.2. The molecule has 2 aliphatic rings. The van der Waals surface area contributed by atoms with Crippen LogP contribution in [0.4, 0.5) is 5.69 Å². The van der Waals surface area contributed by atoms with E-state index in [1.54, 1.807) is 0 Å². The molecule has 112 valence electrons. The van der Waals surface area contributed by atoms with E-state index in [1.165, 1.54) is 0 Å². The summed E-state index contributed by atoms with van der Waals surface area (Å²) in [4.78, 5) is 12.2. The van der Waals surface area contributed by atoms with Crippen LogP contribution in [0.15, 0.2) is 48.5 Å². The van der Waals surface area contributed by atoms with Crippen LogP contribution < -0.4 is 15.4 Å². The first-order valence-electron chi connectivity index (χ1n) is 7.30. The van der Waals surface area contributed by atoms with E-state index in [0.717, 1.165) is 28.5 Å². The molecule has 4 nitrogen and oxygen atoms in total. The van der Waals surface area contributed by atoms with Crippen LogP contribution in [0.2, 0.25) is 0 Å². The lowest BCUT2D eigenvalue weighted by molar-refractivity contribution is 0.0935. The van der Waals surface area contributed by atoms with Crippen LogP contribution in [0.5, 0.6) is 5.75 Å². The van der Waals surface area contributed by atoms with Crippen molar-refractivity contribution < 1.29 is 9.53 Å². The van der Waals surface area contributed by atoms with E-state index in [9.17, 15) is 4.79 Å². The number of rotatable bonds is 3. The van der Waals surface area contributed by atoms with Gasteiger partial charge in [-0.2, -0.15) is 11.8 Å². The minimum absolute atomic E-state index is 0.0498. The van der Waals surface area contributed by atoms with E-state index in [0.29, 0.717) is 11.7 Å². The summed E-state index contributed by atoms with van der Waals surface area (Å²) in [6.45, 7) is 0. The summed E-state index contributed by atoms with van der Waals surface area (Å²) in [5.41, 5.74) is 2.56. The van der Waals surface area contributed by atoms with Gasteiger partial charge in [-0.3, -0.25) is 4.79 Å². The SMILES string of the molecule is O=C1N[C@H](c2ccc(OC3CSC3)cc2)Nc2ccccc21. The summed E-state index contributed by atoms with van der Waals surface area (Å²) in [6, 6.07) is 15.5. The van der Waals surface area contributed by atoms with Crippen molar-refractivity contribution in [3.05, 3.63) is 59.7 Å². The molecule has 22 heavy (non-hydrogen) atoms. The lowest BCUT2D eigenvalue weighted by atomic mass is 10.1. The molecule has 0 bridgehead atoms. The largest absolute Gasteiger partial charge is 0.489 e. The fourth-order valence-corrected chi connectivity index (χ4v) is 3.15. The summed E-state index contributed by atoms with van der Waals surface area (Å²) < 4.78 is 5.84. The number of benzene rings is 2. The van der Waals surface area contributed by atoms with Gasteiger partial charge in [-0.1, -0.05) is 24.3 Å². The smallest absolute Gasteiger partial charge is 0.255 e. The molecule has 0 aliphatic carbocycles. The van der Waals surface area contributed by atoms with Gasteiger partial charge < -0.3 is 15.4 Å². The van der Waals surface area contributed by atoms with Gasteiger partial charge in [0.05, 0.1) is 5.56 Å². The molecule has 2 aromatic carbocycles. The van der Waals surface area contributed by atoms with Crippen LogP contribution in [0.1, 0.15) is 22.1 Å². The number of fused-ring (bicyclic) bond motifs is 1. The van der Waals surface area contributed by atoms with Crippen LogP contribution in [0.3, 0.4) is 0 Å². The van der Waals surface area contributed by atoms with Crippen molar-refractivity contribution in [1.29, 1.82) is 0 Å². The highest BCUT2D eigenvalue weighted by Gasteiger charge is 2.24. The van der Waals surface area contributed by atoms with Crippen molar-refractivity contribution >= 4 is 23.4 Å². The Morgan fingerprint density at radius 2 is 1.77 bits per heavy atom. The molecular weight excluding hydrogens is 296 g/mol. The van der Waals surface area contributed by atoms with E-state index >= 15 is 0 Å². The number of anilines is 1. The van der Waals surface area contributed by atoms with Gasteiger partial charge in [0.1, 0.15) is 18.0 Å². The topological polar surface area (TPSA) is 50.4 Å². The number of thioether (sulfide) groups is 1. The summed E-state index contributed by atoms with van der Waals surface area (Å²) in [5, 5.41) is 6.33. The van der Waals surface area contributed by atoms with Gasteiger partial charge in [-0.25, -0.2) is 0 Å². The molecule has 2 aliphatic heterocycles. The van der Waals surface area contributed by atoms with Gasteiger partial charge in [0.25, 0.3) is 5.91 Å². The van der Waals surface area contributed by atoms with Crippen LogP contribution in [0, 0.1) is 0 Å². The highest BCUT2D eigenvalue weighted by atomic mass is 32.2. The molecule has 0 radical (unpaired) electrons. The standard InChI is InChI=1S/C17H16N2O2S/c20-17-14-3-1-2-4-15(14)18-16(19-17)11-5-7-12(8-6-11)21-13-9-22-10-13/h1-8,13,16,18H,9-10H2,(H,19,20)/t16-/m1/s1. The Hall–Kier alpha value is -2.14. The van der Waals surface area contributed by atoms with Crippen LogP contribution in [0.25, 0.3) is 0 Å². The average Bonchev–Trinajstić information content (AvgIpc) is 2.51. The van der Waals surface area contributed by atoms with E-state index in [-0.39, 0.29) is 12.1 Å². The average molecular weight is 312 g/mol. The van der Waals surface area contributed by atoms with Crippen molar-refractivity contribution in [2.45, 2.75) is 12.3 Å². The number of nitrogens with one attached hydrogen (secondary N) is 2. The number of amides is 1. The predicted octanol–water partition coefficient (Wildman–Crippen LogP) is 3.03. The zero-order valence-corrected chi connectivity index (χ0v) is 12.7. The monoisotopic (exact) mass is 312 g/mol. The van der Waals surface area contributed by atoms with E-state index < -0.39 is 0 Å². The first kappa shape index (κ1) is 13.5. The van der Waals surface area contributed by atoms with Gasteiger partial charge in [-0.15, -0.1) is 0 Å². The number of hydrogen-bond donors (Lipinski definition) is 2. The first-order chi connectivity index (χ1) is 10.8. The van der Waals surface area contributed by atoms with Crippen molar-refractivity contribution in [3.63, 3.8) is 0 Å². The Morgan fingerprint density at radius 1 is 1.00 bits per heavy atom. The zero-order valence-electron chi connectivity index (χ0n) is 11.9. The number of carbonyl (C=O) groups is 1. The Kier molecular flexibility index (Phi) is 3.42. The van der Waals surface area contributed by atoms with Gasteiger partial charge in [0.2, 0.25) is 0 Å². The van der Waals surface area contributed by atoms with Crippen molar-refractivity contribution in [2.24, 2.45) is 0 Å². The Labute approximate surface area is 133 Å². The third-order valence-corrected chi connectivity index (χ3v) is 5.09. The second-order valence-electron chi connectivity index (χ2n) is 5.44. The van der Waals surface area contributed by atoms with Gasteiger partial charge >= 0.3 is 0 Å². The molecule has 2 heterocycles. The molecule has 5 heteroatoms. The fourth-order valence-electron chi connectivity index (χ4n) is 2.59. The maximum absolute atomic E-state index is 12.2. The Balaban J connectivity index is 1.51. The number of ether oxygens (including phenoxy) is 1. The van der Waals surface area contributed by atoms with Gasteiger partial charge in [-0.05, 0) is 29.8 Å². The molecule has 1 fully saturated rings. The fraction of sp³-hybridized carbons (Fsp3) is 0.235. The van der Waals surface area contributed by atoms with E-state index in [4.69, 9.17) is 4.74 Å². The number of para-hydroxylation sites is 1. The summed E-state index contributed by atoms with van der Waals surface area (Å²) in [5.74, 6) is 2.97. The molecule has 1 saturated heterocycles. The lowest BCUT2D eigenvalue weighted by Gasteiger charge is -2.29. The minimum atomic E-state index is -0.212. The van der Waals surface area contributed by atoms with Gasteiger partial charge in [0, 0.05) is 17.2 Å². The molecule has 0 unspecified atom stereocenters. The van der Waals surface area contributed by atoms with Crippen molar-refractivity contribution in [3.8, 4) is 5.75 Å². The lowest BCUT2D eigenvalue weighted by Crippen LogP contribution is -2.38. The van der Waals surface area contributed by atoms with Crippen LogP contribution in [-0.4, -0.2) is 23.5 Å². The highest BCUT2D eigenvalue weighted by molar-refractivity contribution is 8.00. The van der Waals surface area contributed by atoms with Crippen molar-refractivity contribution in [2.75, 3.05) is 16.8 Å². The van der Waals surface area contributed by atoms with Crippen LogP contribution in [-0.2, 0) is 0 Å². The summed E-state index contributed by atoms with van der Waals surface area (Å²) in [7, 11) is 0. The second-order valence-corrected chi connectivity index (χ2v) is 6.52. The summed E-state index contributed by atoms with van der Waals surface area (Å²) >= 11 is 1.90. The summed E-state index contributed by atoms with van der Waals surface area (Å²) in [6.07, 6.45) is 0.131. The number of carbonyl (C=O) groups excluding carboxylic acids is 1. The molecule has 1 amide bonds. The predicted molar refractivity (Wildman–Crippen MR) is 88.5 cm³/mol. The molecule has 4 rings (SSSR count). The number of hydrogen-bond acceptors (Lipinski definition) is 4. The molecule has 2 N–H and O–H groups in total. The molecule has 0 aromatic heterocycles. The van der Waals surface area contributed by atoms with Crippen molar-refractivity contribution in [1.82, 2.24) is 5.32 Å². The minimum Gasteiger partial charge on any atom is -0.489 e. The maximum Gasteiger partial charge on any atom is 0.255 e. The Morgan fingerprint density at radius 3 is 2.50 bits per heavy atom. The normalized spacial score (nSPS) is 20.4. The first-order valence-corrected chi connectivity index (χ1v) is 8.46. The molecule has 0 spiro atoms. The Bertz CT molecular complexity index is 698. The van der Waals surface area contributed by atoms with Crippen LogP contribution >= 0.6 is 11.8 Å². The quantitative estimate of drug-likeness (QED) is 0.914. The third kappa shape index (κ3) is 2.52. The van der Waals surface area contributed by atoms with E-state index in [1.807, 2.05) is 60.3 Å². The molecule has 1 atom stereocenters. The zero-order chi connectivity index (χ0) is 14.9. The third-order valence-electron chi connectivity index (χ3n) is 3.87.